The van der Waals surface area contributed by atoms with Crippen LogP contribution in [0.3, 0.4) is 0 Å². The first-order valence-corrected chi connectivity index (χ1v) is 9.21. The van der Waals surface area contributed by atoms with Crippen molar-refractivity contribution >= 4 is 11.6 Å². The van der Waals surface area contributed by atoms with Gasteiger partial charge in [0.05, 0.1) is 7.11 Å². The number of amides is 1. The summed E-state index contributed by atoms with van der Waals surface area (Å²) < 4.78 is 11.3. The molecule has 0 aliphatic carbocycles. The van der Waals surface area contributed by atoms with E-state index in [-0.39, 0.29) is 5.91 Å². The van der Waals surface area contributed by atoms with Gasteiger partial charge in [-0.15, -0.1) is 0 Å². The number of carbonyl (C=O) groups excluding carboxylic acids is 1. The number of rotatable bonds is 6. The molecule has 3 aromatic carbocycles. The van der Waals surface area contributed by atoms with Gasteiger partial charge < -0.3 is 14.8 Å². The van der Waals surface area contributed by atoms with Crippen LogP contribution in [0.1, 0.15) is 32.6 Å². The van der Waals surface area contributed by atoms with Crippen LogP contribution in [0.4, 0.5) is 5.69 Å². The van der Waals surface area contributed by atoms with E-state index in [1.807, 2.05) is 69.3 Å². The summed E-state index contributed by atoms with van der Waals surface area (Å²) in [6.45, 7) is 6.36. The molecule has 1 amide bonds. The van der Waals surface area contributed by atoms with Gasteiger partial charge in [0.2, 0.25) is 0 Å². The zero-order valence-corrected chi connectivity index (χ0v) is 16.7. The summed E-state index contributed by atoms with van der Waals surface area (Å²) in [6.07, 6.45) is 0. The fourth-order valence-corrected chi connectivity index (χ4v) is 2.98. The second kappa shape index (κ2) is 8.61. The van der Waals surface area contributed by atoms with Crippen LogP contribution in [0.25, 0.3) is 0 Å². The van der Waals surface area contributed by atoms with E-state index < -0.39 is 0 Å². The van der Waals surface area contributed by atoms with Crippen molar-refractivity contribution in [3.05, 3.63) is 88.5 Å². The van der Waals surface area contributed by atoms with E-state index >= 15 is 0 Å². The Bertz CT molecular complexity index is 978. The minimum absolute atomic E-state index is 0.161. The molecule has 0 saturated carbocycles. The number of anilines is 1. The molecule has 0 radical (unpaired) electrons. The highest BCUT2D eigenvalue weighted by atomic mass is 16.5. The smallest absolute Gasteiger partial charge is 0.255 e. The van der Waals surface area contributed by atoms with Crippen molar-refractivity contribution in [2.24, 2.45) is 0 Å². The average Bonchev–Trinajstić information content (AvgIpc) is 2.69. The first-order valence-electron chi connectivity index (χ1n) is 9.21. The number of methoxy groups -OCH3 is 1. The van der Waals surface area contributed by atoms with Crippen molar-refractivity contribution in [3.8, 4) is 11.5 Å². The molecule has 0 aromatic heterocycles. The predicted octanol–water partition coefficient (Wildman–Crippen LogP) is 5.45. The number of aryl methyl sites for hydroxylation is 3. The van der Waals surface area contributed by atoms with Crippen LogP contribution in [-0.2, 0) is 6.61 Å². The molecule has 1 N–H and O–H groups in total. The second-order valence-corrected chi connectivity index (χ2v) is 6.90. The lowest BCUT2D eigenvalue weighted by Crippen LogP contribution is -2.13. The topological polar surface area (TPSA) is 47.6 Å². The summed E-state index contributed by atoms with van der Waals surface area (Å²) >= 11 is 0. The van der Waals surface area contributed by atoms with Crippen LogP contribution in [0.5, 0.6) is 11.5 Å². The van der Waals surface area contributed by atoms with E-state index in [1.54, 1.807) is 19.2 Å². The lowest BCUT2D eigenvalue weighted by molar-refractivity contribution is 0.102. The molecule has 0 bridgehead atoms. The van der Waals surface area contributed by atoms with Gasteiger partial charge in [0.15, 0.2) is 0 Å². The van der Waals surface area contributed by atoms with Gasteiger partial charge in [-0.1, -0.05) is 35.4 Å². The molecular weight excluding hydrogens is 350 g/mol. The van der Waals surface area contributed by atoms with Crippen LogP contribution in [0.2, 0.25) is 0 Å². The molecule has 3 aromatic rings. The van der Waals surface area contributed by atoms with Gasteiger partial charge >= 0.3 is 0 Å². The summed E-state index contributed by atoms with van der Waals surface area (Å²) in [7, 11) is 1.61. The SMILES string of the molecule is COc1ccc(C(=O)Nc2ccc(C)cc2C)cc1COc1ccc(C)cc1. The van der Waals surface area contributed by atoms with Gasteiger partial charge in [-0.25, -0.2) is 0 Å². The van der Waals surface area contributed by atoms with E-state index in [0.29, 0.717) is 17.9 Å². The van der Waals surface area contributed by atoms with Crippen molar-refractivity contribution in [2.75, 3.05) is 12.4 Å². The monoisotopic (exact) mass is 375 g/mol. The molecule has 0 saturated heterocycles. The summed E-state index contributed by atoms with van der Waals surface area (Å²) in [5, 5.41) is 2.98. The number of hydrogen-bond donors (Lipinski definition) is 1. The van der Waals surface area contributed by atoms with Crippen molar-refractivity contribution < 1.29 is 14.3 Å². The van der Waals surface area contributed by atoms with Crippen molar-refractivity contribution in [1.82, 2.24) is 0 Å². The molecule has 144 valence electrons. The van der Waals surface area contributed by atoms with Crippen LogP contribution >= 0.6 is 0 Å². The molecular formula is C24H25NO3. The lowest BCUT2D eigenvalue weighted by Gasteiger charge is -2.13. The largest absolute Gasteiger partial charge is 0.496 e. The van der Waals surface area contributed by atoms with E-state index in [9.17, 15) is 4.79 Å². The Morgan fingerprint density at radius 2 is 1.61 bits per heavy atom. The highest BCUT2D eigenvalue weighted by Crippen LogP contribution is 2.24. The molecule has 0 atom stereocenters. The third-order valence-corrected chi connectivity index (χ3v) is 4.59. The Kier molecular flexibility index (Phi) is 5.99. The highest BCUT2D eigenvalue weighted by Gasteiger charge is 2.12. The van der Waals surface area contributed by atoms with Gasteiger partial charge in [0.1, 0.15) is 18.1 Å². The van der Waals surface area contributed by atoms with Crippen molar-refractivity contribution in [2.45, 2.75) is 27.4 Å². The highest BCUT2D eigenvalue weighted by molar-refractivity contribution is 6.04. The summed E-state index contributed by atoms with van der Waals surface area (Å²) in [5.74, 6) is 1.30. The predicted molar refractivity (Wildman–Crippen MR) is 112 cm³/mol. The van der Waals surface area contributed by atoms with Gasteiger partial charge in [-0.05, 0) is 62.7 Å². The maximum Gasteiger partial charge on any atom is 0.255 e. The normalized spacial score (nSPS) is 10.4. The maximum atomic E-state index is 12.7. The molecule has 0 unspecified atom stereocenters. The van der Waals surface area contributed by atoms with Gasteiger partial charge in [0.25, 0.3) is 5.91 Å². The molecule has 0 spiro atoms. The molecule has 4 nitrogen and oxygen atoms in total. The Labute approximate surface area is 166 Å². The van der Waals surface area contributed by atoms with Gasteiger partial charge in [-0.3, -0.25) is 4.79 Å². The number of nitrogens with one attached hydrogen (secondary N) is 1. The molecule has 0 heterocycles. The van der Waals surface area contributed by atoms with Gasteiger partial charge in [0, 0.05) is 16.8 Å². The Morgan fingerprint density at radius 3 is 2.29 bits per heavy atom. The zero-order chi connectivity index (χ0) is 20.1. The summed E-state index contributed by atoms with van der Waals surface area (Å²) in [4.78, 5) is 12.7. The second-order valence-electron chi connectivity index (χ2n) is 6.90. The number of ether oxygens (including phenoxy) is 2. The summed E-state index contributed by atoms with van der Waals surface area (Å²) in [6, 6.07) is 19.2. The molecule has 0 aliphatic rings. The fraction of sp³-hybridized carbons (Fsp3) is 0.208. The Morgan fingerprint density at radius 1 is 0.893 bits per heavy atom. The van der Waals surface area contributed by atoms with Crippen LogP contribution in [0.15, 0.2) is 60.7 Å². The Balaban J connectivity index is 1.77. The number of hydrogen-bond acceptors (Lipinski definition) is 3. The van der Waals surface area contributed by atoms with Crippen molar-refractivity contribution in [1.29, 1.82) is 0 Å². The minimum atomic E-state index is -0.161. The number of carbonyl (C=O) groups is 1. The lowest BCUT2D eigenvalue weighted by atomic mass is 10.1. The quantitative estimate of drug-likeness (QED) is 0.623. The Hall–Kier alpha value is -3.27. The standard InChI is InChI=1S/C24H25NO3/c1-16-5-9-21(10-6-16)28-15-20-14-19(8-12-23(20)27-4)24(26)25-22-11-7-17(2)13-18(22)3/h5-14H,15H2,1-4H3,(H,25,26). The van der Waals surface area contributed by atoms with Crippen LogP contribution < -0.4 is 14.8 Å². The third-order valence-electron chi connectivity index (χ3n) is 4.59. The first kappa shape index (κ1) is 19.5. The zero-order valence-electron chi connectivity index (χ0n) is 16.7. The van der Waals surface area contributed by atoms with E-state index in [1.165, 1.54) is 5.56 Å². The summed E-state index contributed by atoms with van der Waals surface area (Å²) in [5.41, 5.74) is 5.55. The first-order chi connectivity index (χ1) is 13.5. The molecule has 4 heteroatoms. The molecule has 0 aliphatic heterocycles. The van der Waals surface area contributed by atoms with E-state index in [2.05, 4.69) is 5.32 Å². The van der Waals surface area contributed by atoms with E-state index in [0.717, 1.165) is 28.1 Å². The van der Waals surface area contributed by atoms with Gasteiger partial charge in [-0.2, -0.15) is 0 Å². The minimum Gasteiger partial charge on any atom is -0.496 e. The third kappa shape index (κ3) is 4.71. The maximum absolute atomic E-state index is 12.7. The average molecular weight is 375 g/mol. The molecule has 0 fully saturated rings. The number of benzene rings is 3. The van der Waals surface area contributed by atoms with Crippen LogP contribution in [0, 0.1) is 20.8 Å². The van der Waals surface area contributed by atoms with Crippen LogP contribution in [-0.4, -0.2) is 13.0 Å². The molecule has 28 heavy (non-hydrogen) atoms. The van der Waals surface area contributed by atoms with Crippen molar-refractivity contribution in [3.63, 3.8) is 0 Å². The molecule has 3 rings (SSSR count). The fourth-order valence-electron chi connectivity index (χ4n) is 2.98. The van der Waals surface area contributed by atoms with E-state index in [4.69, 9.17) is 9.47 Å².